The fourth-order valence-electron chi connectivity index (χ4n) is 0.532. The van der Waals surface area contributed by atoms with Crippen molar-refractivity contribution in [2.24, 2.45) is 0 Å². The third kappa shape index (κ3) is 7.74. The molecule has 1 unspecified atom stereocenters. The molecule has 0 aromatic carbocycles. The van der Waals surface area contributed by atoms with E-state index in [9.17, 15) is 22.7 Å². The quantitative estimate of drug-likeness (QED) is 0.480. The van der Waals surface area contributed by atoms with Crippen molar-refractivity contribution in [1.29, 1.82) is 0 Å². The van der Waals surface area contributed by atoms with Crippen LogP contribution < -0.4 is 0 Å². The Labute approximate surface area is 67.1 Å². The lowest BCUT2D eigenvalue weighted by atomic mass is 10.3. The Morgan fingerprint density at radius 3 is 2.33 bits per heavy atom. The van der Waals surface area contributed by atoms with Crippen molar-refractivity contribution >= 4 is 0 Å². The van der Waals surface area contributed by atoms with Gasteiger partial charge in [0.1, 0.15) is 6.61 Å². The zero-order chi connectivity index (χ0) is 9.61. The Morgan fingerprint density at radius 2 is 1.92 bits per heavy atom. The molecule has 0 aliphatic carbocycles. The van der Waals surface area contributed by atoms with Gasteiger partial charge in [-0.1, -0.05) is 0 Å². The van der Waals surface area contributed by atoms with E-state index in [2.05, 4.69) is 4.74 Å². The van der Waals surface area contributed by atoms with Crippen LogP contribution in [0.5, 0.6) is 0 Å². The zero-order valence-electron chi connectivity index (χ0n) is 6.23. The van der Waals surface area contributed by atoms with Gasteiger partial charge in [0.15, 0.2) is 0 Å². The third-order valence-electron chi connectivity index (χ3n) is 1.03. The van der Waals surface area contributed by atoms with E-state index >= 15 is 0 Å². The lowest BCUT2D eigenvalue weighted by Gasteiger charge is -2.07. The molecule has 0 aromatic rings. The van der Waals surface area contributed by atoms with Gasteiger partial charge in [-0.25, -0.2) is 9.50 Å². The first kappa shape index (κ1) is 11.6. The van der Waals surface area contributed by atoms with Crippen LogP contribution in [0.1, 0.15) is 12.8 Å². The van der Waals surface area contributed by atoms with Crippen LogP contribution in [0.15, 0.2) is 0 Å². The highest BCUT2D eigenvalue weighted by Gasteiger charge is 2.26. The second-order valence-electron chi connectivity index (χ2n) is 2.17. The fraction of sp³-hybridized carbons (Fsp3) is 1.00. The standard InChI is InChI=1S/C6H9F4O2/c7-5(4-11)12-3-1-2-6(8,9)10/h5H,1-4H2. The monoisotopic (exact) mass is 189 g/mol. The summed E-state index contributed by atoms with van der Waals surface area (Å²) >= 11 is 0. The number of hydrogen-bond donors (Lipinski definition) is 0. The van der Waals surface area contributed by atoms with Gasteiger partial charge >= 0.3 is 6.18 Å². The van der Waals surface area contributed by atoms with Crippen molar-refractivity contribution in [3.63, 3.8) is 0 Å². The van der Waals surface area contributed by atoms with Crippen LogP contribution in [0.3, 0.4) is 0 Å². The van der Waals surface area contributed by atoms with Gasteiger partial charge in [0, 0.05) is 6.42 Å². The molecule has 1 atom stereocenters. The van der Waals surface area contributed by atoms with Crippen LogP contribution in [0.4, 0.5) is 17.6 Å². The Hall–Kier alpha value is -0.360. The van der Waals surface area contributed by atoms with E-state index in [1.54, 1.807) is 0 Å². The zero-order valence-corrected chi connectivity index (χ0v) is 6.23. The maximum atomic E-state index is 11.9. The molecule has 0 fully saturated rings. The molecular weight excluding hydrogens is 180 g/mol. The van der Waals surface area contributed by atoms with Gasteiger partial charge in [-0.05, 0) is 6.42 Å². The average Bonchev–Trinajstić information content (AvgIpc) is 1.96. The number of alkyl halides is 4. The number of rotatable bonds is 5. The Kier molecular flexibility index (Phi) is 5.16. The molecule has 73 valence electrons. The normalized spacial score (nSPS) is 14.8. The Bertz CT molecular complexity index is 115. The van der Waals surface area contributed by atoms with Gasteiger partial charge in [-0.3, -0.25) is 0 Å². The van der Waals surface area contributed by atoms with Gasteiger partial charge < -0.3 is 4.74 Å². The lowest BCUT2D eigenvalue weighted by molar-refractivity contribution is -0.144. The predicted molar refractivity (Wildman–Crippen MR) is 31.7 cm³/mol. The second-order valence-corrected chi connectivity index (χ2v) is 2.17. The maximum absolute atomic E-state index is 11.9. The summed E-state index contributed by atoms with van der Waals surface area (Å²) in [6.07, 6.45) is -7.56. The summed E-state index contributed by atoms with van der Waals surface area (Å²) in [6, 6.07) is 0. The first-order valence-electron chi connectivity index (χ1n) is 3.36. The topological polar surface area (TPSA) is 29.1 Å². The van der Waals surface area contributed by atoms with E-state index in [1.165, 1.54) is 0 Å². The van der Waals surface area contributed by atoms with Crippen molar-refractivity contribution < 1.29 is 27.4 Å². The van der Waals surface area contributed by atoms with Crippen LogP contribution in [0.2, 0.25) is 0 Å². The summed E-state index contributed by atoms with van der Waals surface area (Å²) in [5.74, 6) is 0. The van der Waals surface area contributed by atoms with Crippen molar-refractivity contribution in [3.8, 4) is 0 Å². The summed E-state index contributed by atoms with van der Waals surface area (Å²) in [6.45, 7) is -1.45. The molecule has 0 bridgehead atoms. The largest absolute Gasteiger partial charge is 0.389 e. The summed E-state index contributed by atoms with van der Waals surface area (Å²) in [7, 11) is 0. The Balaban J connectivity index is 3.22. The number of halogens is 4. The van der Waals surface area contributed by atoms with E-state index in [1.807, 2.05) is 0 Å². The van der Waals surface area contributed by atoms with Crippen LogP contribution >= 0.6 is 0 Å². The van der Waals surface area contributed by atoms with Crippen LogP contribution in [-0.4, -0.2) is 25.7 Å². The van der Waals surface area contributed by atoms with E-state index in [-0.39, 0.29) is 13.0 Å². The van der Waals surface area contributed by atoms with Crippen LogP contribution in [0, 0.1) is 0 Å². The molecule has 2 nitrogen and oxygen atoms in total. The molecule has 6 heteroatoms. The SMILES string of the molecule is [O]CC(F)OCCCC(F)(F)F. The first-order valence-corrected chi connectivity index (χ1v) is 3.36. The van der Waals surface area contributed by atoms with Crippen LogP contribution in [-0.2, 0) is 9.84 Å². The summed E-state index contributed by atoms with van der Waals surface area (Å²) in [5.41, 5.74) is 0. The van der Waals surface area contributed by atoms with Crippen molar-refractivity contribution in [2.75, 3.05) is 13.2 Å². The molecule has 0 amide bonds. The molecular formula is C6H9F4O2. The molecule has 12 heavy (non-hydrogen) atoms. The first-order chi connectivity index (χ1) is 5.45. The molecule has 0 aliphatic rings. The fourth-order valence-corrected chi connectivity index (χ4v) is 0.532. The molecule has 1 radical (unpaired) electrons. The van der Waals surface area contributed by atoms with Gasteiger partial charge in [0.2, 0.25) is 6.36 Å². The maximum Gasteiger partial charge on any atom is 0.389 e. The highest BCUT2D eigenvalue weighted by molar-refractivity contribution is 4.49. The molecule has 0 saturated heterocycles. The van der Waals surface area contributed by atoms with E-state index in [0.717, 1.165) is 0 Å². The number of hydrogen-bond acceptors (Lipinski definition) is 1. The van der Waals surface area contributed by atoms with Crippen molar-refractivity contribution in [1.82, 2.24) is 0 Å². The van der Waals surface area contributed by atoms with Gasteiger partial charge in [-0.15, -0.1) is 0 Å². The summed E-state index contributed by atoms with van der Waals surface area (Å²) in [5, 5.41) is 9.70. The average molecular weight is 189 g/mol. The molecule has 0 saturated carbocycles. The molecule has 0 aromatic heterocycles. The molecule has 0 aliphatic heterocycles. The minimum atomic E-state index is -4.24. The van der Waals surface area contributed by atoms with E-state index < -0.39 is 25.6 Å². The van der Waals surface area contributed by atoms with E-state index in [4.69, 9.17) is 0 Å². The molecule has 0 spiro atoms. The highest BCUT2D eigenvalue weighted by Crippen LogP contribution is 2.21. The minimum Gasteiger partial charge on any atom is -0.346 e. The molecule has 0 N–H and O–H groups in total. The minimum absolute atomic E-state index is 0.316. The highest BCUT2D eigenvalue weighted by atomic mass is 19.4. The van der Waals surface area contributed by atoms with Crippen molar-refractivity contribution in [2.45, 2.75) is 25.4 Å². The summed E-state index contributed by atoms with van der Waals surface area (Å²) in [4.78, 5) is 0. The van der Waals surface area contributed by atoms with Crippen molar-refractivity contribution in [3.05, 3.63) is 0 Å². The third-order valence-corrected chi connectivity index (χ3v) is 1.03. The van der Waals surface area contributed by atoms with E-state index in [0.29, 0.717) is 0 Å². The van der Waals surface area contributed by atoms with Gasteiger partial charge in [0.25, 0.3) is 0 Å². The second kappa shape index (κ2) is 5.31. The molecule has 0 heterocycles. The summed E-state index contributed by atoms with van der Waals surface area (Å²) < 4.78 is 50.4. The molecule has 0 rings (SSSR count). The smallest absolute Gasteiger partial charge is 0.346 e. The lowest BCUT2D eigenvalue weighted by Crippen LogP contribution is -2.14. The number of ether oxygens (including phenoxy) is 1. The predicted octanol–water partition coefficient (Wildman–Crippen LogP) is 2.07. The van der Waals surface area contributed by atoms with Crippen LogP contribution in [0.25, 0.3) is 0 Å². The van der Waals surface area contributed by atoms with Gasteiger partial charge in [-0.2, -0.15) is 13.2 Å². The van der Waals surface area contributed by atoms with Gasteiger partial charge in [0.05, 0.1) is 6.61 Å². The Morgan fingerprint density at radius 1 is 1.33 bits per heavy atom.